The summed E-state index contributed by atoms with van der Waals surface area (Å²) in [6.07, 6.45) is 4.00. The Kier molecular flexibility index (Phi) is 8.20. The number of alkyl halides is 2. The van der Waals surface area contributed by atoms with Crippen LogP contribution >= 0.6 is 0 Å². The van der Waals surface area contributed by atoms with E-state index in [1.165, 1.54) is 6.42 Å². The quantitative estimate of drug-likeness (QED) is 0.206. The lowest BCUT2D eigenvalue weighted by Gasteiger charge is -2.21. The van der Waals surface area contributed by atoms with Gasteiger partial charge in [0.05, 0.1) is 31.3 Å². The van der Waals surface area contributed by atoms with Crippen LogP contribution < -0.4 is 0 Å². The van der Waals surface area contributed by atoms with Gasteiger partial charge >= 0.3 is 21.3 Å². The first-order valence-electron chi connectivity index (χ1n) is 7.52. The number of carbonyl (C=O) groups excluding carboxylic acids is 1. The zero-order valence-electron chi connectivity index (χ0n) is 13.2. The van der Waals surface area contributed by atoms with Crippen molar-refractivity contribution in [3.05, 3.63) is 12.2 Å². The van der Waals surface area contributed by atoms with Crippen molar-refractivity contribution in [2.24, 2.45) is 0 Å². The van der Waals surface area contributed by atoms with Crippen molar-refractivity contribution in [3.63, 3.8) is 0 Å². The molecule has 0 spiro atoms. The fraction of sp³-hybridized carbons (Fsp3) is 0.786. The number of hydrogen-bond acceptors (Lipinski definition) is 6. The fourth-order valence-corrected chi connectivity index (χ4v) is 2.43. The molecule has 0 bridgehead atoms. The highest BCUT2D eigenvalue weighted by atomic mass is 32.2. The number of hydrogen-bond donors (Lipinski definition) is 1. The summed E-state index contributed by atoms with van der Waals surface area (Å²) >= 11 is 0. The van der Waals surface area contributed by atoms with E-state index >= 15 is 0 Å². The maximum absolute atomic E-state index is 12.9. The first kappa shape index (κ1) is 20.9. The summed E-state index contributed by atoms with van der Waals surface area (Å²) in [6.45, 7) is 2.09. The molecule has 0 saturated heterocycles. The van der Waals surface area contributed by atoms with Gasteiger partial charge in [-0.15, -0.1) is 0 Å². The van der Waals surface area contributed by atoms with Gasteiger partial charge in [0.15, 0.2) is 6.79 Å². The Morgan fingerprint density at radius 1 is 1.25 bits per heavy atom. The van der Waals surface area contributed by atoms with Crippen molar-refractivity contribution in [1.82, 2.24) is 0 Å². The number of carbonyl (C=O) groups is 1. The van der Waals surface area contributed by atoms with Crippen molar-refractivity contribution in [2.45, 2.75) is 49.9 Å². The Morgan fingerprint density at radius 2 is 1.88 bits per heavy atom. The summed E-state index contributed by atoms with van der Waals surface area (Å²) in [5.74, 6) is -0.785. The second-order valence-corrected chi connectivity index (χ2v) is 7.04. The van der Waals surface area contributed by atoms with Gasteiger partial charge in [0, 0.05) is 0 Å². The van der Waals surface area contributed by atoms with Gasteiger partial charge in [-0.1, -0.05) is 25.8 Å². The molecule has 7 nitrogen and oxygen atoms in total. The Bertz CT molecular complexity index is 527. The lowest BCUT2D eigenvalue weighted by Crippen LogP contribution is -2.29. The largest absolute Gasteiger partial charge is 0.435 e. The zero-order valence-corrected chi connectivity index (χ0v) is 14.0. The normalized spacial score (nSPS) is 16.8. The second kappa shape index (κ2) is 9.40. The van der Waals surface area contributed by atoms with E-state index in [0.717, 1.165) is 25.7 Å². The molecule has 10 heteroatoms. The molecule has 0 unspecified atom stereocenters. The van der Waals surface area contributed by atoms with E-state index in [4.69, 9.17) is 18.8 Å². The molecule has 1 rings (SSSR count). The molecule has 1 aliphatic carbocycles. The molecule has 0 aromatic carbocycles. The molecular weight excluding hydrogens is 350 g/mol. The lowest BCUT2D eigenvalue weighted by atomic mass is 9.98. The Labute approximate surface area is 139 Å². The first-order valence-corrected chi connectivity index (χ1v) is 8.96. The van der Waals surface area contributed by atoms with E-state index in [1.807, 2.05) is 0 Å². The summed E-state index contributed by atoms with van der Waals surface area (Å²) in [5, 5.41) is -4.30. The van der Waals surface area contributed by atoms with Gasteiger partial charge in [-0.3, -0.25) is 4.55 Å². The van der Waals surface area contributed by atoms with Crippen LogP contribution in [-0.4, -0.2) is 50.3 Å². The number of halogens is 2. The van der Waals surface area contributed by atoms with Crippen LogP contribution in [0.5, 0.6) is 0 Å². The predicted molar refractivity (Wildman–Crippen MR) is 80.0 cm³/mol. The lowest BCUT2D eigenvalue weighted by molar-refractivity contribution is -0.158. The fourth-order valence-electron chi connectivity index (χ4n) is 2.09. The molecule has 1 saturated carbocycles. The summed E-state index contributed by atoms with van der Waals surface area (Å²) in [5.41, 5.74) is -0.114. The third-order valence-corrected chi connectivity index (χ3v) is 4.48. The summed E-state index contributed by atoms with van der Waals surface area (Å²) < 4.78 is 69.9. The summed E-state index contributed by atoms with van der Waals surface area (Å²) in [4.78, 5) is 11.6. The van der Waals surface area contributed by atoms with Gasteiger partial charge in [0.25, 0.3) is 0 Å². The number of rotatable bonds is 10. The second-order valence-electron chi connectivity index (χ2n) is 5.49. The third kappa shape index (κ3) is 7.20. The highest BCUT2D eigenvalue weighted by Gasteiger charge is 2.43. The molecule has 0 atom stereocenters. The smallest absolute Gasteiger partial charge is 0.372 e. The standard InChI is InChI=1S/C14H22F2O7S/c1-11(9-21-8-7-14(15,16)24(18,19)20)13(17)23-10-22-12-5-3-2-4-6-12/h12H,1-10H2,(H,18,19,20). The molecule has 0 amide bonds. The van der Waals surface area contributed by atoms with Gasteiger partial charge in [0.1, 0.15) is 0 Å². The molecule has 0 heterocycles. The van der Waals surface area contributed by atoms with Crippen molar-refractivity contribution in [3.8, 4) is 0 Å². The van der Waals surface area contributed by atoms with Crippen LogP contribution in [0.2, 0.25) is 0 Å². The molecule has 1 fully saturated rings. The highest BCUT2D eigenvalue weighted by molar-refractivity contribution is 7.86. The number of ether oxygens (including phenoxy) is 3. The molecule has 0 aromatic rings. The SMILES string of the molecule is C=C(COCCC(F)(F)S(=O)(=O)O)C(=O)OCOC1CCCCC1. The van der Waals surface area contributed by atoms with Crippen LogP contribution in [0.3, 0.4) is 0 Å². The summed E-state index contributed by atoms with van der Waals surface area (Å²) in [6, 6.07) is 0. The van der Waals surface area contributed by atoms with E-state index in [2.05, 4.69) is 6.58 Å². The van der Waals surface area contributed by atoms with Crippen molar-refractivity contribution < 1.29 is 40.8 Å². The Balaban J connectivity index is 2.16. The molecule has 0 aliphatic heterocycles. The van der Waals surface area contributed by atoms with Crippen LogP contribution in [0.15, 0.2) is 12.2 Å². The topological polar surface area (TPSA) is 99.1 Å². The van der Waals surface area contributed by atoms with E-state index < -0.39 is 41.0 Å². The Hall–Kier alpha value is -1.10. The number of esters is 1. The van der Waals surface area contributed by atoms with Gasteiger partial charge in [-0.05, 0) is 12.8 Å². The highest BCUT2D eigenvalue weighted by Crippen LogP contribution is 2.24. The molecular formula is C14H22F2O7S. The van der Waals surface area contributed by atoms with Crippen LogP contribution in [0.1, 0.15) is 38.5 Å². The van der Waals surface area contributed by atoms with Crippen LogP contribution in [0.25, 0.3) is 0 Å². The Morgan fingerprint density at radius 3 is 2.46 bits per heavy atom. The minimum absolute atomic E-state index is 0.0683. The van der Waals surface area contributed by atoms with Crippen LogP contribution in [0.4, 0.5) is 8.78 Å². The first-order chi connectivity index (χ1) is 11.1. The van der Waals surface area contributed by atoms with Crippen molar-refractivity contribution in [2.75, 3.05) is 20.0 Å². The van der Waals surface area contributed by atoms with Gasteiger partial charge in [-0.25, -0.2) is 4.79 Å². The van der Waals surface area contributed by atoms with E-state index in [9.17, 15) is 22.0 Å². The average molecular weight is 372 g/mol. The van der Waals surface area contributed by atoms with Crippen molar-refractivity contribution in [1.29, 1.82) is 0 Å². The van der Waals surface area contributed by atoms with E-state index in [1.54, 1.807) is 0 Å². The molecule has 140 valence electrons. The van der Waals surface area contributed by atoms with E-state index in [0.29, 0.717) is 0 Å². The molecule has 1 aliphatic rings. The van der Waals surface area contributed by atoms with Gasteiger partial charge < -0.3 is 14.2 Å². The molecule has 0 radical (unpaired) electrons. The maximum Gasteiger partial charge on any atom is 0.372 e. The third-order valence-electron chi connectivity index (χ3n) is 3.53. The molecule has 24 heavy (non-hydrogen) atoms. The predicted octanol–water partition coefficient (Wildman–Crippen LogP) is 2.28. The maximum atomic E-state index is 12.9. The minimum Gasteiger partial charge on any atom is -0.435 e. The average Bonchev–Trinajstić information content (AvgIpc) is 2.51. The van der Waals surface area contributed by atoms with Crippen molar-refractivity contribution >= 4 is 16.1 Å². The van der Waals surface area contributed by atoms with Gasteiger partial charge in [0.2, 0.25) is 0 Å². The molecule has 1 N–H and O–H groups in total. The van der Waals surface area contributed by atoms with Crippen LogP contribution in [0, 0.1) is 0 Å². The minimum atomic E-state index is -5.49. The monoisotopic (exact) mass is 372 g/mol. The van der Waals surface area contributed by atoms with Gasteiger partial charge in [-0.2, -0.15) is 17.2 Å². The zero-order chi connectivity index (χ0) is 18.2. The van der Waals surface area contributed by atoms with E-state index in [-0.39, 0.29) is 18.5 Å². The van der Waals surface area contributed by atoms with Crippen LogP contribution in [-0.2, 0) is 29.1 Å². The molecule has 0 aromatic heterocycles. The summed E-state index contributed by atoms with van der Waals surface area (Å²) in [7, 11) is -5.49.